The Kier molecular flexibility index (Phi) is 3.89. The highest BCUT2D eigenvalue weighted by Gasteiger charge is 2.25. The molecule has 0 aliphatic carbocycles. The number of hydrogen-bond donors (Lipinski definition) is 3. The van der Waals surface area contributed by atoms with Crippen molar-refractivity contribution in [2.75, 3.05) is 7.11 Å². The molecule has 4 heterocycles. The number of aryl methyl sites for hydroxylation is 2. The van der Waals surface area contributed by atoms with Gasteiger partial charge in [-0.1, -0.05) is 5.16 Å². The molecule has 3 aromatic heterocycles. The third-order valence-corrected chi connectivity index (χ3v) is 5.70. The van der Waals surface area contributed by atoms with E-state index in [4.69, 9.17) is 14.2 Å². The standard InChI is InChI=1S/C22H23N5O2/c1-10-19(11(2)26-25-10)22-21-14-9-18(28-5)15(20-12(3)27-29-13(20)4)8-17(14)24-16(21)6-7-23-22/h6-10,24-26H,1-5H3. The fraction of sp³-hybridized carbons (Fsp3) is 0.273. The maximum atomic E-state index is 5.77. The molecule has 1 atom stereocenters. The lowest BCUT2D eigenvalue weighted by Crippen LogP contribution is -2.29. The Balaban J connectivity index is 1.83. The molecule has 5 rings (SSSR count). The Labute approximate surface area is 168 Å². The number of H-pyrrole nitrogens is 1. The molecule has 7 nitrogen and oxygen atoms in total. The fourth-order valence-corrected chi connectivity index (χ4v) is 4.37. The van der Waals surface area contributed by atoms with Crippen LogP contribution in [0.15, 0.2) is 34.6 Å². The number of aromatic amines is 1. The Morgan fingerprint density at radius 2 is 1.97 bits per heavy atom. The van der Waals surface area contributed by atoms with Gasteiger partial charge in [0.2, 0.25) is 0 Å². The summed E-state index contributed by atoms with van der Waals surface area (Å²) in [6.07, 6.45) is 1.85. The quantitative estimate of drug-likeness (QED) is 0.486. The van der Waals surface area contributed by atoms with Crippen LogP contribution in [0, 0.1) is 13.8 Å². The Hall–Kier alpha value is -3.32. The van der Waals surface area contributed by atoms with Crippen molar-refractivity contribution < 1.29 is 9.26 Å². The first-order valence-electron chi connectivity index (χ1n) is 9.64. The molecule has 1 aliphatic rings. The molecule has 1 aliphatic heterocycles. The van der Waals surface area contributed by atoms with Gasteiger partial charge in [-0.3, -0.25) is 4.98 Å². The van der Waals surface area contributed by atoms with E-state index in [0.29, 0.717) is 0 Å². The minimum Gasteiger partial charge on any atom is -0.496 e. The molecule has 3 N–H and O–H groups in total. The van der Waals surface area contributed by atoms with Crippen molar-refractivity contribution in [2.45, 2.75) is 33.7 Å². The van der Waals surface area contributed by atoms with Crippen LogP contribution in [0.25, 0.3) is 38.5 Å². The lowest BCUT2D eigenvalue weighted by molar-refractivity contribution is 0.393. The summed E-state index contributed by atoms with van der Waals surface area (Å²) in [4.78, 5) is 8.30. The summed E-state index contributed by atoms with van der Waals surface area (Å²) in [5, 5.41) is 6.28. The maximum absolute atomic E-state index is 5.77. The molecule has 4 aromatic rings. The number of hydrogen-bond acceptors (Lipinski definition) is 6. The van der Waals surface area contributed by atoms with Crippen molar-refractivity contribution in [1.82, 2.24) is 26.0 Å². The highest BCUT2D eigenvalue weighted by atomic mass is 16.5. The number of fused-ring (bicyclic) bond motifs is 3. The molecule has 0 saturated heterocycles. The molecule has 0 fully saturated rings. The van der Waals surface area contributed by atoms with Gasteiger partial charge in [0, 0.05) is 39.3 Å². The number of nitrogens with one attached hydrogen (secondary N) is 3. The molecule has 148 valence electrons. The Bertz CT molecular complexity index is 1280. The molecule has 1 unspecified atom stereocenters. The van der Waals surface area contributed by atoms with Gasteiger partial charge in [0.15, 0.2) is 0 Å². The minimum absolute atomic E-state index is 0.168. The number of methoxy groups -OCH3 is 1. The number of benzene rings is 1. The molecular formula is C22H23N5O2. The van der Waals surface area contributed by atoms with Gasteiger partial charge in [0.05, 0.1) is 35.6 Å². The second-order valence-electron chi connectivity index (χ2n) is 7.53. The number of rotatable bonds is 3. The van der Waals surface area contributed by atoms with Gasteiger partial charge in [0.1, 0.15) is 11.5 Å². The van der Waals surface area contributed by atoms with Crippen LogP contribution >= 0.6 is 0 Å². The highest BCUT2D eigenvalue weighted by Crippen LogP contribution is 2.41. The molecule has 0 saturated carbocycles. The van der Waals surface area contributed by atoms with Crippen LogP contribution < -0.4 is 15.6 Å². The summed E-state index contributed by atoms with van der Waals surface area (Å²) in [7, 11) is 1.69. The normalized spacial score (nSPS) is 16.8. The molecule has 0 radical (unpaired) electrons. The predicted molar refractivity (Wildman–Crippen MR) is 113 cm³/mol. The predicted octanol–water partition coefficient (Wildman–Crippen LogP) is 4.22. The lowest BCUT2D eigenvalue weighted by Gasteiger charge is -2.11. The van der Waals surface area contributed by atoms with E-state index in [0.717, 1.165) is 61.5 Å². The zero-order valence-corrected chi connectivity index (χ0v) is 17.1. The third-order valence-electron chi connectivity index (χ3n) is 5.70. The summed E-state index contributed by atoms with van der Waals surface area (Å²) in [5.41, 5.74) is 14.6. The first-order chi connectivity index (χ1) is 14.0. The van der Waals surface area contributed by atoms with Crippen LogP contribution in [0.2, 0.25) is 0 Å². The van der Waals surface area contributed by atoms with Crippen LogP contribution in [0.4, 0.5) is 0 Å². The third kappa shape index (κ3) is 2.54. The topological polar surface area (TPSA) is 88.0 Å². The molecule has 0 spiro atoms. The molecule has 7 heteroatoms. The van der Waals surface area contributed by atoms with E-state index in [-0.39, 0.29) is 6.04 Å². The largest absolute Gasteiger partial charge is 0.496 e. The number of nitrogens with zero attached hydrogens (tertiary/aromatic N) is 2. The second kappa shape index (κ2) is 6.35. The second-order valence-corrected chi connectivity index (χ2v) is 7.53. The number of pyridine rings is 1. The zero-order valence-electron chi connectivity index (χ0n) is 17.1. The number of aromatic nitrogens is 3. The Morgan fingerprint density at radius 3 is 2.62 bits per heavy atom. The van der Waals surface area contributed by atoms with Gasteiger partial charge in [-0.05, 0) is 45.9 Å². The summed E-state index contributed by atoms with van der Waals surface area (Å²) in [6, 6.07) is 6.37. The van der Waals surface area contributed by atoms with Crippen molar-refractivity contribution in [1.29, 1.82) is 0 Å². The summed E-state index contributed by atoms with van der Waals surface area (Å²) in [6.45, 7) is 8.06. The summed E-state index contributed by atoms with van der Waals surface area (Å²) < 4.78 is 11.2. The van der Waals surface area contributed by atoms with Crippen molar-refractivity contribution in [3.63, 3.8) is 0 Å². The first-order valence-corrected chi connectivity index (χ1v) is 9.64. The van der Waals surface area contributed by atoms with Crippen LogP contribution in [0.5, 0.6) is 5.75 Å². The first kappa shape index (κ1) is 17.8. The van der Waals surface area contributed by atoms with Crippen LogP contribution in [-0.2, 0) is 0 Å². The van der Waals surface area contributed by atoms with Crippen LogP contribution in [0.1, 0.15) is 31.0 Å². The van der Waals surface area contributed by atoms with Crippen molar-refractivity contribution in [3.8, 4) is 16.9 Å². The maximum Gasteiger partial charge on any atom is 0.141 e. The van der Waals surface area contributed by atoms with Crippen molar-refractivity contribution in [2.24, 2.45) is 0 Å². The molecular weight excluding hydrogens is 366 g/mol. The number of hydrazine groups is 1. The zero-order chi connectivity index (χ0) is 20.3. The van der Waals surface area contributed by atoms with Crippen LogP contribution in [-0.4, -0.2) is 28.3 Å². The van der Waals surface area contributed by atoms with E-state index in [2.05, 4.69) is 47.0 Å². The molecule has 1 aromatic carbocycles. The summed E-state index contributed by atoms with van der Waals surface area (Å²) in [5.74, 6) is 1.56. The van der Waals surface area contributed by atoms with E-state index >= 15 is 0 Å². The fourth-order valence-electron chi connectivity index (χ4n) is 4.37. The van der Waals surface area contributed by atoms with E-state index in [1.165, 1.54) is 5.57 Å². The smallest absolute Gasteiger partial charge is 0.141 e. The average molecular weight is 389 g/mol. The van der Waals surface area contributed by atoms with Gasteiger partial charge in [-0.25, -0.2) is 5.43 Å². The van der Waals surface area contributed by atoms with E-state index in [1.54, 1.807) is 7.11 Å². The van der Waals surface area contributed by atoms with Gasteiger partial charge in [0.25, 0.3) is 0 Å². The van der Waals surface area contributed by atoms with E-state index in [9.17, 15) is 0 Å². The molecule has 29 heavy (non-hydrogen) atoms. The van der Waals surface area contributed by atoms with E-state index in [1.807, 2.05) is 26.1 Å². The van der Waals surface area contributed by atoms with E-state index < -0.39 is 0 Å². The lowest BCUT2D eigenvalue weighted by atomic mass is 9.97. The van der Waals surface area contributed by atoms with Gasteiger partial charge >= 0.3 is 0 Å². The molecule has 0 bridgehead atoms. The Morgan fingerprint density at radius 1 is 1.14 bits per heavy atom. The minimum atomic E-state index is 0.168. The van der Waals surface area contributed by atoms with Gasteiger partial charge in [-0.2, -0.15) is 0 Å². The molecule has 0 amide bonds. The average Bonchev–Trinajstić information content (AvgIpc) is 3.35. The van der Waals surface area contributed by atoms with Crippen molar-refractivity contribution >= 4 is 27.4 Å². The number of ether oxygens (including phenoxy) is 1. The SMILES string of the molecule is COc1cc2c(cc1-c1c(C)noc1C)[nH]c1ccnc(C3=C(C)NNC3C)c12. The monoisotopic (exact) mass is 389 g/mol. The summed E-state index contributed by atoms with van der Waals surface area (Å²) >= 11 is 0. The highest BCUT2D eigenvalue weighted by molar-refractivity contribution is 6.13. The number of allylic oxidation sites excluding steroid dienone is 1. The van der Waals surface area contributed by atoms with Crippen LogP contribution in [0.3, 0.4) is 0 Å². The van der Waals surface area contributed by atoms with Gasteiger partial charge < -0.3 is 19.7 Å². The van der Waals surface area contributed by atoms with Crippen molar-refractivity contribution in [3.05, 3.63) is 47.2 Å². The van der Waals surface area contributed by atoms with Gasteiger partial charge in [-0.15, -0.1) is 0 Å².